The molecule has 0 N–H and O–H groups in total. The number of anilines is 1. The Morgan fingerprint density at radius 1 is 1.53 bits per heavy atom. The van der Waals surface area contributed by atoms with Crippen molar-refractivity contribution in [1.29, 1.82) is 5.26 Å². The fraction of sp³-hybridized carbons (Fsp3) is 0.545. The second kappa shape index (κ2) is 4.42. The van der Waals surface area contributed by atoms with Crippen LogP contribution >= 0.6 is 22.9 Å². The Morgan fingerprint density at radius 2 is 2.20 bits per heavy atom. The minimum atomic E-state index is 0.702. The summed E-state index contributed by atoms with van der Waals surface area (Å²) in [5.74, 6) is 0.815. The Balaban J connectivity index is 2.16. The lowest BCUT2D eigenvalue weighted by Crippen LogP contribution is -2.32. The third-order valence-electron chi connectivity index (χ3n) is 2.85. The topological polar surface area (TPSA) is 27.0 Å². The Bertz CT molecular complexity index is 386. The Morgan fingerprint density at radius 3 is 2.73 bits per heavy atom. The highest BCUT2D eigenvalue weighted by Gasteiger charge is 2.20. The zero-order valence-electron chi connectivity index (χ0n) is 8.66. The summed E-state index contributed by atoms with van der Waals surface area (Å²) in [5, 5.41) is 10.6. The molecule has 2 rings (SSSR count). The number of nitrogens with zero attached hydrogens (tertiary/aromatic N) is 2. The monoisotopic (exact) mass is 240 g/mol. The third-order valence-corrected chi connectivity index (χ3v) is 4.35. The minimum Gasteiger partial charge on any atom is -0.362 e. The van der Waals surface area contributed by atoms with E-state index in [9.17, 15) is 0 Å². The molecule has 0 amide bonds. The highest BCUT2D eigenvalue weighted by Crippen LogP contribution is 2.37. The molecule has 1 aliphatic rings. The van der Waals surface area contributed by atoms with Crippen molar-refractivity contribution in [1.82, 2.24) is 0 Å². The van der Waals surface area contributed by atoms with Crippen molar-refractivity contribution in [2.45, 2.75) is 19.8 Å². The van der Waals surface area contributed by atoms with Crippen molar-refractivity contribution in [2.75, 3.05) is 18.0 Å². The molecule has 0 saturated carbocycles. The van der Waals surface area contributed by atoms with Gasteiger partial charge in [-0.1, -0.05) is 18.5 Å². The van der Waals surface area contributed by atoms with Crippen molar-refractivity contribution in [2.24, 2.45) is 5.92 Å². The van der Waals surface area contributed by atoms with Gasteiger partial charge in [0.15, 0.2) is 0 Å². The summed E-state index contributed by atoms with van der Waals surface area (Å²) in [6, 6.07) is 3.91. The number of hydrogen-bond donors (Lipinski definition) is 0. The molecule has 2 nitrogen and oxygen atoms in total. The van der Waals surface area contributed by atoms with Crippen LogP contribution in [0.25, 0.3) is 0 Å². The highest BCUT2D eigenvalue weighted by atomic mass is 35.5. The molecule has 1 aromatic heterocycles. The van der Waals surface area contributed by atoms with Crippen LogP contribution in [0, 0.1) is 17.2 Å². The molecular weight excluding hydrogens is 228 g/mol. The summed E-state index contributed by atoms with van der Waals surface area (Å²) in [5.41, 5.74) is 0. The number of thiophene rings is 1. The van der Waals surface area contributed by atoms with Gasteiger partial charge in [0.05, 0.1) is 5.02 Å². The molecule has 0 radical (unpaired) electrons. The molecular formula is C11H13ClN2S. The molecule has 0 spiro atoms. The first-order chi connectivity index (χ1) is 7.20. The lowest BCUT2D eigenvalue weighted by Gasteiger charge is -2.31. The van der Waals surface area contributed by atoms with Gasteiger partial charge in [-0.15, -0.1) is 11.3 Å². The van der Waals surface area contributed by atoms with Crippen LogP contribution < -0.4 is 4.90 Å². The maximum atomic E-state index is 8.80. The molecule has 0 aliphatic carbocycles. The predicted molar refractivity (Wildman–Crippen MR) is 64.7 cm³/mol. The van der Waals surface area contributed by atoms with Gasteiger partial charge in [-0.3, -0.25) is 0 Å². The van der Waals surface area contributed by atoms with E-state index in [4.69, 9.17) is 16.9 Å². The summed E-state index contributed by atoms with van der Waals surface area (Å²) in [7, 11) is 0. The Hall–Kier alpha value is -0.720. The van der Waals surface area contributed by atoms with E-state index in [2.05, 4.69) is 17.9 Å². The van der Waals surface area contributed by atoms with Crippen LogP contribution in [0.2, 0.25) is 5.02 Å². The second-order valence-electron chi connectivity index (χ2n) is 4.05. The quantitative estimate of drug-likeness (QED) is 0.751. The number of rotatable bonds is 1. The molecule has 0 unspecified atom stereocenters. The summed E-state index contributed by atoms with van der Waals surface area (Å²) in [6.07, 6.45) is 2.44. The van der Waals surface area contributed by atoms with Gasteiger partial charge in [0.2, 0.25) is 0 Å². The molecule has 80 valence electrons. The lowest BCUT2D eigenvalue weighted by atomic mass is 10.00. The van der Waals surface area contributed by atoms with Crippen LogP contribution in [0.1, 0.15) is 24.6 Å². The number of nitriles is 1. The average Bonchev–Trinajstić information content (AvgIpc) is 2.61. The van der Waals surface area contributed by atoms with E-state index in [1.54, 1.807) is 6.07 Å². The fourth-order valence-corrected chi connectivity index (χ4v) is 3.15. The molecule has 0 atom stereocenters. The molecule has 0 aromatic carbocycles. The van der Waals surface area contributed by atoms with Gasteiger partial charge in [0, 0.05) is 13.1 Å². The number of hydrogen-bond acceptors (Lipinski definition) is 3. The first kappa shape index (κ1) is 10.8. The summed E-state index contributed by atoms with van der Waals surface area (Å²) in [4.78, 5) is 3.00. The van der Waals surface area contributed by atoms with Crippen LogP contribution in [0.15, 0.2) is 6.07 Å². The van der Waals surface area contributed by atoms with Gasteiger partial charge in [-0.05, 0) is 24.8 Å². The Kier molecular flexibility index (Phi) is 3.18. The van der Waals surface area contributed by atoms with Gasteiger partial charge >= 0.3 is 0 Å². The van der Waals surface area contributed by atoms with E-state index < -0.39 is 0 Å². The SMILES string of the molecule is CC1CCN(c2sc(C#N)cc2Cl)CC1. The zero-order valence-corrected chi connectivity index (χ0v) is 10.2. The lowest BCUT2D eigenvalue weighted by molar-refractivity contribution is 0.440. The van der Waals surface area contributed by atoms with Gasteiger partial charge in [-0.2, -0.15) is 5.26 Å². The van der Waals surface area contributed by atoms with Crippen molar-refractivity contribution in [3.63, 3.8) is 0 Å². The first-order valence-electron chi connectivity index (χ1n) is 5.15. The van der Waals surface area contributed by atoms with Crippen molar-refractivity contribution in [3.8, 4) is 6.07 Å². The van der Waals surface area contributed by atoms with Gasteiger partial charge < -0.3 is 4.90 Å². The van der Waals surface area contributed by atoms with Crippen LogP contribution in [-0.2, 0) is 0 Å². The molecule has 1 saturated heterocycles. The fourth-order valence-electron chi connectivity index (χ4n) is 1.84. The largest absolute Gasteiger partial charge is 0.362 e. The van der Waals surface area contributed by atoms with E-state index in [1.807, 2.05) is 0 Å². The molecule has 15 heavy (non-hydrogen) atoms. The minimum absolute atomic E-state index is 0.702. The van der Waals surface area contributed by atoms with Crippen LogP contribution in [0.4, 0.5) is 5.00 Å². The summed E-state index contributed by atoms with van der Waals surface area (Å²) in [6.45, 7) is 4.41. The zero-order chi connectivity index (χ0) is 10.8. The molecule has 1 aromatic rings. The van der Waals surface area contributed by atoms with E-state index in [0.717, 1.165) is 29.0 Å². The molecule has 4 heteroatoms. The first-order valence-corrected chi connectivity index (χ1v) is 6.34. The number of piperidine rings is 1. The average molecular weight is 241 g/mol. The van der Waals surface area contributed by atoms with Crippen molar-refractivity contribution >= 4 is 27.9 Å². The van der Waals surface area contributed by atoms with E-state index in [0.29, 0.717) is 4.88 Å². The van der Waals surface area contributed by atoms with Crippen molar-refractivity contribution < 1.29 is 0 Å². The highest BCUT2D eigenvalue weighted by molar-refractivity contribution is 7.17. The van der Waals surface area contributed by atoms with Crippen molar-refractivity contribution in [3.05, 3.63) is 16.0 Å². The van der Waals surface area contributed by atoms with Crippen LogP contribution in [0.3, 0.4) is 0 Å². The van der Waals surface area contributed by atoms with Gasteiger partial charge in [0.1, 0.15) is 15.9 Å². The second-order valence-corrected chi connectivity index (χ2v) is 5.48. The standard InChI is InChI=1S/C11H13ClN2S/c1-8-2-4-14(5-3-8)11-10(12)6-9(7-13)15-11/h6,8H,2-5H2,1H3. The molecule has 2 heterocycles. The van der Waals surface area contributed by atoms with Crippen LogP contribution in [0.5, 0.6) is 0 Å². The van der Waals surface area contributed by atoms with Crippen LogP contribution in [-0.4, -0.2) is 13.1 Å². The maximum absolute atomic E-state index is 8.80. The van der Waals surface area contributed by atoms with E-state index in [-0.39, 0.29) is 0 Å². The van der Waals surface area contributed by atoms with E-state index in [1.165, 1.54) is 24.2 Å². The molecule has 0 bridgehead atoms. The molecule has 1 aliphatic heterocycles. The number of halogens is 1. The third kappa shape index (κ3) is 2.27. The van der Waals surface area contributed by atoms with E-state index >= 15 is 0 Å². The summed E-state index contributed by atoms with van der Waals surface area (Å²) < 4.78 is 0. The van der Waals surface area contributed by atoms with Gasteiger partial charge in [-0.25, -0.2) is 0 Å². The summed E-state index contributed by atoms with van der Waals surface area (Å²) >= 11 is 7.61. The predicted octanol–water partition coefficient (Wildman–Crippen LogP) is 3.51. The van der Waals surface area contributed by atoms with Gasteiger partial charge in [0.25, 0.3) is 0 Å². The molecule has 1 fully saturated rings. The Labute approximate surface area is 99.1 Å². The maximum Gasteiger partial charge on any atom is 0.111 e. The smallest absolute Gasteiger partial charge is 0.111 e. The normalized spacial score (nSPS) is 17.8.